The molecule has 1 aromatic heterocycles. The molecule has 5 heteroatoms. The Morgan fingerprint density at radius 3 is 2.69 bits per heavy atom. The van der Waals surface area contributed by atoms with Crippen molar-refractivity contribution in [2.45, 2.75) is 46.2 Å². The van der Waals surface area contributed by atoms with E-state index in [9.17, 15) is 9.59 Å². The molecule has 1 aliphatic rings. The molecule has 3 rings (SSSR count). The number of nitrogens with zero attached hydrogens (tertiary/aromatic N) is 2. The number of likely N-dealkylation sites (N-methyl/N-ethyl adjacent to an activating group) is 1. The van der Waals surface area contributed by atoms with Gasteiger partial charge in [-0.2, -0.15) is 0 Å². The number of fused-ring (bicyclic) bond motifs is 1. The van der Waals surface area contributed by atoms with Crippen LogP contribution in [0.15, 0.2) is 35.3 Å². The average molecular weight is 355 g/mol. The second kappa shape index (κ2) is 8.04. The molecule has 0 radical (unpaired) electrons. The van der Waals surface area contributed by atoms with Gasteiger partial charge >= 0.3 is 0 Å². The smallest absolute Gasteiger partial charge is 0.258 e. The van der Waals surface area contributed by atoms with Crippen LogP contribution in [0.5, 0.6) is 0 Å². The standard InChI is InChI=1S/C21H29N3O2/c1-4-23-11-7-8-16(23)12-22-20(25)19-14-24(13-15(2)3)21(26)18-10-6-5-9-17(18)19/h5-6,9-10,14-16H,4,7-8,11-13H2,1-3H3,(H,22,25). The number of hydrogen-bond acceptors (Lipinski definition) is 3. The van der Waals surface area contributed by atoms with E-state index in [4.69, 9.17) is 0 Å². The third-order valence-electron chi connectivity index (χ3n) is 5.20. The fourth-order valence-electron chi connectivity index (χ4n) is 3.90. The zero-order valence-corrected chi connectivity index (χ0v) is 16.0. The van der Waals surface area contributed by atoms with Crippen LogP contribution in [0.25, 0.3) is 10.8 Å². The summed E-state index contributed by atoms with van der Waals surface area (Å²) >= 11 is 0. The first-order valence-corrected chi connectivity index (χ1v) is 9.65. The normalized spacial score (nSPS) is 17.9. The Hall–Kier alpha value is -2.14. The third-order valence-corrected chi connectivity index (χ3v) is 5.20. The molecule has 1 N–H and O–H groups in total. The van der Waals surface area contributed by atoms with Crippen molar-refractivity contribution < 1.29 is 4.79 Å². The lowest BCUT2D eigenvalue weighted by molar-refractivity contribution is 0.0942. The highest BCUT2D eigenvalue weighted by Gasteiger charge is 2.24. The Labute approximate surface area is 155 Å². The topological polar surface area (TPSA) is 54.3 Å². The van der Waals surface area contributed by atoms with Crippen molar-refractivity contribution in [3.8, 4) is 0 Å². The van der Waals surface area contributed by atoms with Crippen LogP contribution < -0.4 is 10.9 Å². The predicted molar refractivity (Wildman–Crippen MR) is 106 cm³/mol. The molecule has 140 valence electrons. The summed E-state index contributed by atoms with van der Waals surface area (Å²) in [5, 5.41) is 4.44. The SMILES string of the molecule is CCN1CCCC1CNC(=O)c1cn(CC(C)C)c(=O)c2ccccc12. The van der Waals surface area contributed by atoms with E-state index in [1.165, 1.54) is 6.42 Å². The number of hydrogen-bond donors (Lipinski definition) is 1. The number of carbonyl (C=O) groups is 1. The zero-order valence-electron chi connectivity index (χ0n) is 16.0. The van der Waals surface area contributed by atoms with Crippen LogP contribution in [0.2, 0.25) is 0 Å². The molecule has 1 fully saturated rings. The largest absolute Gasteiger partial charge is 0.350 e. The first-order valence-electron chi connectivity index (χ1n) is 9.65. The first-order chi connectivity index (χ1) is 12.5. The third kappa shape index (κ3) is 3.83. The minimum atomic E-state index is -0.0957. The molecule has 5 nitrogen and oxygen atoms in total. The van der Waals surface area contributed by atoms with Crippen molar-refractivity contribution in [3.63, 3.8) is 0 Å². The Morgan fingerprint density at radius 2 is 2.00 bits per heavy atom. The average Bonchev–Trinajstić information content (AvgIpc) is 3.09. The van der Waals surface area contributed by atoms with Crippen LogP contribution >= 0.6 is 0 Å². The number of benzene rings is 1. The van der Waals surface area contributed by atoms with Gasteiger partial charge in [-0.15, -0.1) is 0 Å². The Balaban J connectivity index is 1.89. The van der Waals surface area contributed by atoms with Gasteiger partial charge in [-0.3, -0.25) is 14.5 Å². The molecular weight excluding hydrogens is 326 g/mol. The van der Waals surface area contributed by atoms with Crippen molar-refractivity contribution in [2.24, 2.45) is 5.92 Å². The highest BCUT2D eigenvalue weighted by atomic mass is 16.2. The van der Waals surface area contributed by atoms with Gasteiger partial charge in [0.25, 0.3) is 11.5 Å². The molecule has 2 aromatic rings. The maximum Gasteiger partial charge on any atom is 0.258 e. The molecule has 2 heterocycles. The molecule has 26 heavy (non-hydrogen) atoms. The minimum absolute atomic E-state index is 0.0289. The molecule has 1 saturated heterocycles. The van der Waals surface area contributed by atoms with E-state index >= 15 is 0 Å². The van der Waals surface area contributed by atoms with E-state index in [0.717, 1.165) is 24.9 Å². The van der Waals surface area contributed by atoms with Crippen molar-refractivity contribution in [3.05, 3.63) is 46.4 Å². The number of carbonyl (C=O) groups excluding carboxylic acids is 1. The molecule has 1 unspecified atom stereocenters. The van der Waals surface area contributed by atoms with Crippen molar-refractivity contribution in [2.75, 3.05) is 19.6 Å². The predicted octanol–water partition coefficient (Wildman–Crippen LogP) is 2.87. The quantitative estimate of drug-likeness (QED) is 0.867. The van der Waals surface area contributed by atoms with Gasteiger partial charge in [0.05, 0.1) is 5.56 Å². The van der Waals surface area contributed by atoms with Gasteiger partial charge in [-0.05, 0) is 37.9 Å². The van der Waals surface area contributed by atoms with Crippen molar-refractivity contribution in [1.29, 1.82) is 0 Å². The monoisotopic (exact) mass is 355 g/mol. The first kappa shape index (κ1) is 18.6. The summed E-state index contributed by atoms with van der Waals surface area (Å²) in [5.41, 5.74) is 0.556. The van der Waals surface area contributed by atoms with Crippen LogP contribution in [0.3, 0.4) is 0 Å². The van der Waals surface area contributed by atoms with Crippen LogP contribution in [0.4, 0.5) is 0 Å². The lowest BCUT2D eigenvalue weighted by atomic mass is 10.1. The summed E-state index contributed by atoms with van der Waals surface area (Å²) < 4.78 is 1.68. The van der Waals surface area contributed by atoms with E-state index < -0.39 is 0 Å². The maximum atomic E-state index is 12.9. The van der Waals surface area contributed by atoms with Crippen molar-refractivity contribution >= 4 is 16.7 Å². The van der Waals surface area contributed by atoms with E-state index in [1.54, 1.807) is 16.8 Å². The Kier molecular flexibility index (Phi) is 5.77. The summed E-state index contributed by atoms with van der Waals surface area (Å²) in [6.45, 7) is 9.69. The molecule has 1 atom stereocenters. The number of pyridine rings is 1. The second-order valence-corrected chi connectivity index (χ2v) is 7.57. The second-order valence-electron chi connectivity index (χ2n) is 7.57. The highest BCUT2D eigenvalue weighted by Crippen LogP contribution is 2.18. The summed E-state index contributed by atoms with van der Waals surface area (Å²) in [4.78, 5) is 28.0. The molecular formula is C21H29N3O2. The molecule has 0 spiro atoms. The zero-order chi connectivity index (χ0) is 18.7. The Bertz CT molecular complexity index is 841. The van der Waals surface area contributed by atoms with Crippen molar-refractivity contribution in [1.82, 2.24) is 14.8 Å². The van der Waals surface area contributed by atoms with Gasteiger partial charge < -0.3 is 9.88 Å². The van der Waals surface area contributed by atoms with E-state index in [0.29, 0.717) is 36.0 Å². The molecule has 1 aliphatic heterocycles. The van der Waals surface area contributed by atoms with E-state index in [2.05, 4.69) is 31.0 Å². The number of likely N-dealkylation sites (tertiary alicyclic amines) is 1. The van der Waals surface area contributed by atoms with Crippen LogP contribution in [-0.2, 0) is 6.54 Å². The molecule has 1 amide bonds. The summed E-state index contributed by atoms with van der Waals surface area (Å²) in [6.07, 6.45) is 4.05. The fraction of sp³-hybridized carbons (Fsp3) is 0.524. The van der Waals surface area contributed by atoms with Crippen LogP contribution in [-0.4, -0.2) is 41.1 Å². The highest BCUT2D eigenvalue weighted by molar-refractivity contribution is 6.06. The van der Waals surface area contributed by atoms with Gasteiger partial charge in [0.15, 0.2) is 0 Å². The maximum absolute atomic E-state index is 12.9. The summed E-state index contributed by atoms with van der Waals surface area (Å²) in [7, 11) is 0. The number of rotatable bonds is 6. The van der Waals surface area contributed by atoms with Gasteiger partial charge in [0.1, 0.15) is 0 Å². The fourth-order valence-corrected chi connectivity index (χ4v) is 3.90. The Morgan fingerprint density at radius 1 is 1.27 bits per heavy atom. The lowest BCUT2D eigenvalue weighted by Gasteiger charge is -2.23. The molecule has 0 saturated carbocycles. The minimum Gasteiger partial charge on any atom is -0.350 e. The van der Waals surface area contributed by atoms with Gasteiger partial charge in [-0.1, -0.05) is 39.0 Å². The van der Waals surface area contributed by atoms with E-state index in [-0.39, 0.29) is 11.5 Å². The van der Waals surface area contributed by atoms with Crippen LogP contribution in [0.1, 0.15) is 44.0 Å². The van der Waals surface area contributed by atoms with E-state index in [1.807, 2.05) is 18.2 Å². The molecule has 0 bridgehead atoms. The summed E-state index contributed by atoms with van der Waals surface area (Å²) in [6, 6.07) is 7.81. The molecule has 1 aromatic carbocycles. The molecule has 0 aliphatic carbocycles. The lowest BCUT2D eigenvalue weighted by Crippen LogP contribution is -2.40. The van der Waals surface area contributed by atoms with Gasteiger partial charge in [-0.25, -0.2) is 0 Å². The summed E-state index contributed by atoms with van der Waals surface area (Å²) in [5.74, 6) is 0.239. The number of aromatic nitrogens is 1. The number of amides is 1. The van der Waals surface area contributed by atoms with Crippen LogP contribution in [0, 0.1) is 5.92 Å². The van der Waals surface area contributed by atoms with Gasteiger partial charge in [0, 0.05) is 36.1 Å². The number of nitrogens with one attached hydrogen (secondary N) is 1. The van der Waals surface area contributed by atoms with Gasteiger partial charge in [0.2, 0.25) is 0 Å².